The first kappa shape index (κ1) is 15.3. The maximum absolute atomic E-state index is 10.1. The van der Waals surface area contributed by atoms with Crippen molar-refractivity contribution in [2.24, 2.45) is 0 Å². The van der Waals surface area contributed by atoms with Gasteiger partial charge >= 0.3 is 0 Å². The van der Waals surface area contributed by atoms with Crippen LogP contribution in [0, 0.1) is 6.92 Å². The molecule has 4 N–H and O–H groups in total. The number of rotatable bonds is 5. The van der Waals surface area contributed by atoms with Gasteiger partial charge in [-0.05, 0) is 48.2 Å². The Balaban J connectivity index is 1.80. The highest BCUT2D eigenvalue weighted by molar-refractivity contribution is 5.53. The molecule has 0 spiro atoms. The van der Waals surface area contributed by atoms with Crippen LogP contribution in [-0.4, -0.2) is 39.7 Å². The first-order chi connectivity index (χ1) is 10.9. The monoisotopic (exact) mass is 318 g/mol. The van der Waals surface area contributed by atoms with E-state index in [4.69, 9.17) is 9.47 Å². The molecule has 0 amide bonds. The molecule has 1 unspecified atom stereocenters. The maximum atomic E-state index is 10.1. The number of aryl methyl sites for hydroxylation is 1. The van der Waals surface area contributed by atoms with Crippen LogP contribution in [0.1, 0.15) is 16.7 Å². The fourth-order valence-corrected chi connectivity index (χ4v) is 2.46. The average molecular weight is 318 g/mol. The van der Waals surface area contributed by atoms with Crippen molar-refractivity contribution in [3.05, 3.63) is 41.0 Å². The van der Waals surface area contributed by atoms with E-state index in [2.05, 4.69) is 0 Å². The third kappa shape index (κ3) is 3.43. The Kier molecular flexibility index (Phi) is 3.92. The van der Waals surface area contributed by atoms with Gasteiger partial charge in [-0.15, -0.1) is 0 Å². The minimum absolute atomic E-state index is 0.0351. The van der Waals surface area contributed by atoms with Gasteiger partial charge in [-0.2, -0.15) is 0 Å². The molecule has 0 aliphatic carbocycles. The number of hydrogen-bond acceptors (Lipinski definition) is 6. The fraction of sp³-hybridized carbons (Fsp3) is 0.294. The molecule has 1 fully saturated rings. The molecule has 1 heterocycles. The normalized spacial score (nSPS) is 16.3. The standard InChI is InChI=1S/C17H18O6/c1-9-2-10(3-11-4-13(18)16(21)14(19)5-11)6-15(20)17(9)23-8-12-7-22-12/h2,4-6,12,18-21H,3,7-8H2,1H3. The van der Waals surface area contributed by atoms with Gasteiger partial charge in [0.25, 0.3) is 0 Å². The summed E-state index contributed by atoms with van der Waals surface area (Å²) in [6.07, 6.45) is 0.485. The van der Waals surface area contributed by atoms with Gasteiger partial charge in [-0.3, -0.25) is 0 Å². The lowest BCUT2D eigenvalue weighted by Gasteiger charge is -2.13. The van der Waals surface area contributed by atoms with E-state index in [1.165, 1.54) is 12.1 Å². The number of aromatic hydroxyl groups is 4. The van der Waals surface area contributed by atoms with Crippen molar-refractivity contribution in [3.8, 4) is 28.7 Å². The Morgan fingerprint density at radius 3 is 2.13 bits per heavy atom. The minimum Gasteiger partial charge on any atom is -0.504 e. The molecule has 3 rings (SSSR count). The van der Waals surface area contributed by atoms with Gasteiger partial charge in [0, 0.05) is 0 Å². The van der Waals surface area contributed by atoms with Gasteiger partial charge in [0.15, 0.2) is 28.7 Å². The summed E-state index contributed by atoms with van der Waals surface area (Å²) in [6.45, 7) is 2.93. The van der Waals surface area contributed by atoms with E-state index in [-0.39, 0.29) is 23.4 Å². The van der Waals surface area contributed by atoms with Crippen molar-refractivity contribution < 1.29 is 29.9 Å². The van der Waals surface area contributed by atoms with Crippen LogP contribution in [0.3, 0.4) is 0 Å². The van der Waals surface area contributed by atoms with Crippen LogP contribution in [0.2, 0.25) is 0 Å². The van der Waals surface area contributed by atoms with Crippen LogP contribution in [0.4, 0.5) is 0 Å². The first-order valence-corrected chi connectivity index (χ1v) is 7.24. The molecule has 6 heteroatoms. The van der Waals surface area contributed by atoms with Crippen molar-refractivity contribution in [1.82, 2.24) is 0 Å². The third-order valence-electron chi connectivity index (χ3n) is 3.67. The molecule has 2 aromatic rings. The molecule has 0 bridgehead atoms. The molecule has 23 heavy (non-hydrogen) atoms. The van der Waals surface area contributed by atoms with E-state index in [9.17, 15) is 20.4 Å². The Morgan fingerprint density at radius 1 is 1.00 bits per heavy atom. The maximum Gasteiger partial charge on any atom is 0.200 e. The van der Waals surface area contributed by atoms with Gasteiger partial charge in [-0.1, -0.05) is 6.07 Å². The molecule has 0 radical (unpaired) electrons. The summed E-state index contributed by atoms with van der Waals surface area (Å²) in [6, 6.07) is 6.19. The second-order valence-corrected chi connectivity index (χ2v) is 5.69. The molecule has 1 saturated heterocycles. The Labute approximate surface area is 133 Å². The predicted molar refractivity (Wildman–Crippen MR) is 82.3 cm³/mol. The highest BCUT2D eigenvalue weighted by atomic mass is 16.6. The zero-order valence-electron chi connectivity index (χ0n) is 12.6. The number of phenolic OH excluding ortho intramolecular Hbond substituents is 4. The molecule has 122 valence electrons. The molecule has 1 aliphatic heterocycles. The third-order valence-corrected chi connectivity index (χ3v) is 3.67. The molecular formula is C17H18O6. The summed E-state index contributed by atoms with van der Waals surface area (Å²) in [5.41, 5.74) is 2.18. The molecule has 1 atom stereocenters. The second-order valence-electron chi connectivity index (χ2n) is 5.69. The summed E-state index contributed by atoms with van der Waals surface area (Å²) in [7, 11) is 0. The van der Waals surface area contributed by atoms with E-state index < -0.39 is 5.75 Å². The highest BCUT2D eigenvalue weighted by Gasteiger charge is 2.24. The number of phenols is 4. The Morgan fingerprint density at radius 2 is 1.57 bits per heavy atom. The minimum atomic E-state index is -0.543. The quantitative estimate of drug-likeness (QED) is 0.498. The largest absolute Gasteiger partial charge is 0.504 e. The van der Waals surface area contributed by atoms with Crippen molar-refractivity contribution in [2.75, 3.05) is 13.2 Å². The average Bonchev–Trinajstić information content (AvgIpc) is 3.28. The van der Waals surface area contributed by atoms with Crippen molar-refractivity contribution in [3.63, 3.8) is 0 Å². The van der Waals surface area contributed by atoms with E-state index in [0.717, 1.165) is 11.1 Å². The van der Waals surface area contributed by atoms with Gasteiger partial charge < -0.3 is 29.9 Å². The summed E-state index contributed by atoms with van der Waals surface area (Å²) < 4.78 is 10.6. The van der Waals surface area contributed by atoms with E-state index in [0.29, 0.717) is 30.9 Å². The number of hydrogen-bond donors (Lipinski definition) is 4. The zero-order chi connectivity index (χ0) is 16.6. The number of epoxide rings is 1. The summed E-state index contributed by atoms with van der Waals surface area (Å²) in [5.74, 6) is -0.844. The first-order valence-electron chi connectivity index (χ1n) is 7.24. The Bertz CT molecular complexity index is 690. The summed E-state index contributed by atoms with van der Waals surface area (Å²) >= 11 is 0. The molecule has 0 aromatic heterocycles. The SMILES string of the molecule is Cc1cc(Cc2cc(O)c(O)c(O)c2)cc(O)c1OCC1CO1. The summed E-state index contributed by atoms with van der Waals surface area (Å²) in [4.78, 5) is 0. The van der Waals surface area contributed by atoms with E-state index in [1.54, 1.807) is 6.07 Å². The van der Waals surface area contributed by atoms with E-state index >= 15 is 0 Å². The van der Waals surface area contributed by atoms with Gasteiger partial charge in [0.2, 0.25) is 0 Å². The highest BCUT2D eigenvalue weighted by Crippen LogP contribution is 2.37. The molecule has 6 nitrogen and oxygen atoms in total. The van der Waals surface area contributed by atoms with Crippen molar-refractivity contribution >= 4 is 0 Å². The van der Waals surface area contributed by atoms with Crippen LogP contribution in [-0.2, 0) is 11.2 Å². The fourth-order valence-electron chi connectivity index (χ4n) is 2.46. The van der Waals surface area contributed by atoms with Gasteiger partial charge in [-0.25, -0.2) is 0 Å². The number of ether oxygens (including phenoxy) is 2. The smallest absolute Gasteiger partial charge is 0.200 e. The van der Waals surface area contributed by atoms with Crippen LogP contribution < -0.4 is 4.74 Å². The lowest BCUT2D eigenvalue weighted by molar-refractivity contribution is 0.252. The predicted octanol–water partition coefficient (Wildman–Crippen LogP) is 2.19. The number of benzene rings is 2. The second kappa shape index (κ2) is 5.89. The van der Waals surface area contributed by atoms with Crippen molar-refractivity contribution in [2.45, 2.75) is 19.4 Å². The van der Waals surface area contributed by atoms with Crippen LogP contribution in [0.5, 0.6) is 28.7 Å². The van der Waals surface area contributed by atoms with Gasteiger partial charge in [0.05, 0.1) is 6.61 Å². The lowest BCUT2D eigenvalue weighted by atomic mass is 10.0. The molecular weight excluding hydrogens is 300 g/mol. The molecule has 0 saturated carbocycles. The zero-order valence-corrected chi connectivity index (χ0v) is 12.6. The summed E-state index contributed by atoms with van der Waals surface area (Å²) in [5, 5.41) is 38.6. The van der Waals surface area contributed by atoms with Crippen LogP contribution >= 0.6 is 0 Å². The molecule has 1 aliphatic rings. The lowest BCUT2D eigenvalue weighted by Crippen LogP contribution is -2.05. The van der Waals surface area contributed by atoms with Crippen LogP contribution in [0.15, 0.2) is 24.3 Å². The van der Waals surface area contributed by atoms with Crippen molar-refractivity contribution in [1.29, 1.82) is 0 Å². The van der Waals surface area contributed by atoms with Gasteiger partial charge in [0.1, 0.15) is 12.7 Å². The molecule has 2 aromatic carbocycles. The Hall–Kier alpha value is -2.60. The van der Waals surface area contributed by atoms with Crippen LogP contribution in [0.25, 0.3) is 0 Å². The topological polar surface area (TPSA) is 103 Å². The van der Waals surface area contributed by atoms with E-state index in [1.807, 2.05) is 13.0 Å².